The lowest BCUT2D eigenvalue weighted by molar-refractivity contribution is -0.141. The van der Waals surface area contributed by atoms with Crippen molar-refractivity contribution >= 4 is 23.4 Å². The number of rotatable bonds is 3. The third kappa shape index (κ3) is 2.70. The number of aliphatic carboxylic acids is 1. The SMILES string of the molecule is O=C(O)CSc1nc2cc(C(F)(F)F)ncn2n1. The number of alkyl halides is 3. The number of hydrogen-bond donors (Lipinski definition) is 1. The minimum Gasteiger partial charge on any atom is -0.481 e. The van der Waals surface area contributed by atoms with Gasteiger partial charge in [-0.2, -0.15) is 13.2 Å². The van der Waals surface area contributed by atoms with Crippen molar-refractivity contribution in [3.8, 4) is 0 Å². The van der Waals surface area contributed by atoms with Gasteiger partial charge in [0.15, 0.2) is 5.65 Å². The van der Waals surface area contributed by atoms with E-state index in [1.165, 1.54) is 0 Å². The monoisotopic (exact) mass is 278 g/mol. The molecular weight excluding hydrogens is 273 g/mol. The number of carboxylic acid groups (broad SMARTS) is 1. The van der Waals surface area contributed by atoms with E-state index < -0.39 is 17.8 Å². The third-order valence-electron chi connectivity index (χ3n) is 1.83. The van der Waals surface area contributed by atoms with Crippen LogP contribution in [0, 0.1) is 0 Å². The summed E-state index contributed by atoms with van der Waals surface area (Å²) >= 11 is 0.816. The van der Waals surface area contributed by atoms with Crippen LogP contribution in [0.2, 0.25) is 0 Å². The molecule has 6 nitrogen and oxygen atoms in total. The van der Waals surface area contributed by atoms with Gasteiger partial charge < -0.3 is 5.11 Å². The zero-order valence-corrected chi connectivity index (χ0v) is 9.36. The normalized spacial score (nSPS) is 11.9. The first-order valence-corrected chi connectivity index (χ1v) is 5.49. The highest BCUT2D eigenvalue weighted by Gasteiger charge is 2.33. The first-order chi connectivity index (χ1) is 8.36. The Hall–Kier alpha value is -1.84. The highest BCUT2D eigenvalue weighted by Crippen LogP contribution is 2.27. The van der Waals surface area contributed by atoms with E-state index >= 15 is 0 Å². The molecule has 0 bridgehead atoms. The van der Waals surface area contributed by atoms with Gasteiger partial charge in [0.05, 0.1) is 5.75 Å². The van der Waals surface area contributed by atoms with Crippen molar-refractivity contribution in [1.82, 2.24) is 19.6 Å². The molecule has 0 aromatic carbocycles. The summed E-state index contributed by atoms with van der Waals surface area (Å²) in [7, 11) is 0. The quantitative estimate of drug-likeness (QED) is 0.853. The molecule has 0 unspecified atom stereocenters. The van der Waals surface area contributed by atoms with Gasteiger partial charge in [-0.25, -0.2) is 14.5 Å². The smallest absolute Gasteiger partial charge is 0.433 e. The van der Waals surface area contributed by atoms with Crippen LogP contribution in [0.25, 0.3) is 5.65 Å². The van der Waals surface area contributed by atoms with E-state index in [2.05, 4.69) is 15.1 Å². The number of halogens is 3. The zero-order valence-electron chi connectivity index (χ0n) is 8.55. The van der Waals surface area contributed by atoms with Gasteiger partial charge >= 0.3 is 12.1 Å². The summed E-state index contributed by atoms with van der Waals surface area (Å²) in [6, 6.07) is 0.748. The van der Waals surface area contributed by atoms with Crippen LogP contribution in [0.4, 0.5) is 13.2 Å². The first-order valence-electron chi connectivity index (χ1n) is 4.50. The van der Waals surface area contributed by atoms with E-state index in [0.717, 1.165) is 28.7 Å². The number of hydrogen-bond acceptors (Lipinski definition) is 5. The number of carboxylic acids is 1. The molecule has 0 fully saturated rings. The Morgan fingerprint density at radius 3 is 2.83 bits per heavy atom. The molecule has 0 spiro atoms. The van der Waals surface area contributed by atoms with Crippen molar-refractivity contribution in [2.45, 2.75) is 11.3 Å². The second-order valence-corrected chi connectivity index (χ2v) is 4.09. The van der Waals surface area contributed by atoms with Gasteiger partial charge in [-0.05, 0) is 0 Å². The van der Waals surface area contributed by atoms with Gasteiger partial charge in [0, 0.05) is 6.07 Å². The minimum atomic E-state index is -4.55. The zero-order chi connectivity index (χ0) is 13.3. The van der Waals surface area contributed by atoms with E-state index in [-0.39, 0.29) is 16.6 Å². The van der Waals surface area contributed by atoms with E-state index in [0.29, 0.717) is 0 Å². The van der Waals surface area contributed by atoms with Gasteiger partial charge in [-0.3, -0.25) is 4.79 Å². The Bertz CT molecular complexity index is 598. The van der Waals surface area contributed by atoms with Gasteiger partial charge in [0.25, 0.3) is 0 Å². The Kier molecular flexibility index (Phi) is 3.11. The molecule has 2 heterocycles. The minimum absolute atomic E-state index is 0.0368. The summed E-state index contributed by atoms with van der Waals surface area (Å²) in [6.45, 7) is 0. The van der Waals surface area contributed by atoms with Crippen LogP contribution in [0.1, 0.15) is 5.69 Å². The maximum absolute atomic E-state index is 12.4. The highest BCUT2D eigenvalue weighted by atomic mass is 32.2. The highest BCUT2D eigenvalue weighted by molar-refractivity contribution is 7.99. The predicted molar refractivity (Wildman–Crippen MR) is 54.1 cm³/mol. The Morgan fingerprint density at radius 2 is 2.22 bits per heavy atom. The topological polar surface area (TPSA) is 80.4 Å². The summed E-state index contributed by atoms with van der Waals surface area (Å²) in [6.07, 6.45) is -3.67. The number of aromatic nitrogens is 4. The molecule has 0 saturated heterocycles. The van der Waals surface area contributed by atoms with Crippen LogP contribution in [-0.2, 0) is 11.0 Å². The molecule has 96 valence electrons. The molecule has 2 rings (SSSR count). The van der Waals surface area contributed by atoms with Crippen LogP contribution in [0.3, 0.4) is 0 Å². The summed E-state index contributed by atoms with van der Waals surface area (Å²) in [5.41, 5.74) is -1.11. The average molecular weight is 278 g/mol. The molecule has 2 aromatic heterocycles. The first kappa shape index (κ1) is 12.6. The summed E-state index contributed by atoms with van der Waals surface area (Å²) in [5.74, 6) is -1.33. The fourth-order valence-corrected chi connectivity index (χ4v) is 1.67. The number of fused-ring (bicyclic) bond motifs is 1. The van der Waals surface area contributed by atoms with Crippen molar-refractivity contribution in [2.24, 2.45) is 0 Å². The molecule has 0 aliphatic carbocycles. The van der Waals surface area contributed by atoms with Crippen molar-refractivity contribution < 1.29 is 23.1 Å². The Morgan fingerprint density at radius 1 is 1.50 bits per heavy atom. The van der Waals surface area contributed by atoms with Crippen molar-refractivity contribution in [3.63, 3.8) is 0 Å². The maximum Gasteiger partial charge on any atom is 0.433 e. The molecule has 0 radical (unpaired) electrons. The molecular formula is C8H5F3N4O2S. The Labute approximate surface area is 102 Å². The third-order valence-corrected chi connectivity index (χ3v) is 2.65. The predicted octanol–water partition coefficient (Wildman–Crippen LogP) is 1.32. The average Bonchev–Trinajstić information content (AvgIpc) is 2.66. The molecule has 0 atom stereocenters. The van der Waals surface area contributed by atoms with E-state index in [1.54, 1.807) is 0 Å². The molecule has 0 aliphatic heterocycles. The lowest BCUT2D eigenvalue weighted by Crippen LogP contribution is -2.08. The molecule has 18 heavy (non-hydrogen) atoms. The molecule has 10 heteroatoms. The number of nitrogens with zero attached hydrogens (tertiary/aromatic N) is 4. The molecule has 1 N–H and O–H groups in total. The molecule has 0 saturated carbocycles. The van der Waals surface area contributed by atoms with Crippen LogP contribution >= 0.6 is 11.8 Å². The second-order valence-electron chi connectivity index (χ2n) is 3.15. The molecule has 0 amide bonds. The van der Waals surface area contributed by atoms with Crippen LogP contribution in [0.15, 0.2) is 17.6 Å². The van der Waals surface area contributed by atoms with E-state index in [9.17, 15) is 18.0 Å². The van der Waals surface area contributed by atoms with E-state index in [4.69, 9.17) is 5.11 Å². The fourth-order valence-electron chi connectivity index (χ4n) is 1.12. The summed E-state index contributed by atoms with van der Waals surface area (Å²) in [4.78, 5) is 17.3. The van der Waals surface area contributed by atoms with Crippen molar-refractivity contribution in [3.05, 3.63) is 18.1 Å². The van der Waals surface area contributed by atoms with Gasteiger partial charge in [-0.1, -0.05) is 11.8 Å². The summed E-state index contributed by atoms with van der Waals surface area (Å²) < 4.78 is 38.2. The van der Waals surface area contributed by atoms with Gasteiger partial charge in [0.1, 0.15) is 12.0 Å². The van der Waals surface area contributed by atoms with Crippen molar-refractivity contribution in [1.29, 1.82) is 0 Å². The number of carbonyl (C=O) groups is 1. The second kappa shape index (κ2) is 4.44. The maximum atomic E-state index is 12.4. The van der Waals surface area contributed by atoms with E-state index in [1.807, 2.05) is 0 Å². The van der Waals surface area contributed by atoms with Crippen molar-refractivity contribution in [2.75, 3.05) is 5.75 Å². The molecule has 0 aliphatic rings. The van der Waals surface area contributed by atoms with Crippen LogP contribution in [-0.4, -0.2) is 36.4 Å². The Balaban J connectivity index is 2.31. The lowest BCUT2D eigenvalue weighted by atomic mass is 10.4. The lowest BCUT2D eigenvalue weighted by Gasteiger charge is -2.03. The summed E-state index contributed by atoms with van der Waals surface area (Å²) in [5, 5.41) is 12.3. The van der Waals surface area contributed by atoms with Gasteiger partial charge in [-0.15, -0.1) is 5.10 Å². The fraction of sp³-hybridized carbons (Fsp3) is 0.250. The van der Waals surface area contributed by atoms with Gasteiger partial charge in [0.2, 0.25) is 5.16 Å². The molecule has 2 aromatic rings. The van der Waals surface area contributed by atoms with Crippen LogP contribution in [0.5, 0.6) is 0 Å². The largest absolute Gasteiger partial charge is 0.481 e. The standard InChI is InChI=1S/C8H5F3N4O2S/c9-8(10,11)4-1-5-13-7(18-2-6(16)17)14-15(5)3-12-4/h1,3H,2H2,(H,16,17). The number of thioether (sulfide) groups is 1. The van der Waals surface area contributed by atoms with Crippen LogP contribution < -0.4 is 0 Å².